The van der Waals surface area contributed by atoms with E-state index in [4.69, 9.17) is 33.2 Å². The van der Waals surface area contributed by atoms with Crippen LogP contribution in [0.15, 0.2) is 107 Å². The SMILES string of the molecule is CCCC1=NC2(CCCN(C(=O)C3CCCC3)C2)C(=O)N1Cc1ccc(-c2cccc(C(C)CCc3nc(C)c(CC(=O)N4CCOCC4)c(=O)n3Cc3ccc(-c4ccccc4S(=O)(=O)Nc4noc(C)c4C)c(COCC)c3)c2S(=O)(=O)Nc2noc(C)c2C)c(COCC)c1. The van der Waals surface area contributed by atoms with Crippen LogP contribution in [0, 0.1) is 40.5 Å². The molecule has 4 aromatic carbocycles. The third-order valence-corrected chi connectivity index (χ3v) is 22.5. The van der Waals surface area contributed by atoms with Crippen LogP contribution in [-0.4, -0.2) is 133 Å². The predicted octanol–water partition coefficient (Wildman–Crippen LogP) is 11.0. The van der Waals surface area contributed by atoms with Crippen LogP contribution >= 0.6 is 0 Å². The number of morpholine rings is 1. The second-order valence-electron chi connectivity index (χ2n) is 26.3. The van der Waals surface area contributed by atoms with E-state index in [1.807, 2.05) is 68.1 Å². The Bertz CT molecular complexity index is 4450. The maximum atomic E-state index is 15.5. The van der Waals surface area contributed by atoms with Gasteiger partial charge in [0.15, 0.2) is 17.2 Å². The number of aromatic nitrogens is 4. The second kappa shape index (κ2) is 30.4. The van der Waals surface area contributed by atoms with Gasteiger partial charge in [-0.05, 0) is 138 Å². The Hall–Kier alpha value is -8.36. The lowest BCUT2D eigenvalue weighted by molar-refractivity contribution is -0.141. The van der Waals surface area contributed by atoms with Crippen LogP contribution in [0.25, 0.3) is 22.3 Å². The maximum absolute atomic E-state index is 15.5. The van der Waals surface area contributed by atoms with Crippen molar-refractivity contribution in [1.82, 2.24) is 34.6 Å². The van der Waals surface area contributed by atoms with Crippen LogP contribution in [0.5, 0.6) is 0 Å². The van der Waals surface area contributed by atoms with Gasteiger partial charge >= 0.3 is 0 Å². The molecule has 0 radical (unpaired) electrons. The number of nitrogens with one attached hydrogen (secondary N) is 2. The largest absolute Gasteiger partial charge is 0.378 e. The molecule has 3 fully saturated rings. The number of piperidine rings is 1. The third-order valence-electron chi connectivity index (χ3n) is 19.6. The molecule has 522 valence electrons. The van der Waals surface area contributed by atoms with Gasteiger partial charge in [-0.2, -0.15) is 0 Å². The van der Waals surface area contributed by atoms with Gasteiger partial charge in [0, 0.05) is 85.1 Å². The average Bonchev–Trinajstić information content (AvgIpc) is 1.38. The lowest BCUT2D eigenvalue weighted by atomic mass is 9.88. The van der Waals surface area contributed by atoms with Gasteiger partial charge in [-0.1, -0.05) is 110 Å². The summed E-state index contributed by atoms with van der Waals surface area (Å²) in [5.74, 6) is 1.38. The summed E-state index contributed by atoms with van der Waals surface area (Å²) in [5.41, 5.74) is 5.45. The molecule has 2 N–H and O–H groups in total. The number of amides is 3. The number of hydrogen-bond acceptors (Lipinski definition) is 17. The minimum atomic E-state index is -4.51. The molecular weight excluding hydrogens is 1290 g/mol. The zero-order valence-corrected chi connectivity index (χ0v) is 59.3. The molecule has 0 bridgehead atoms. The van der Waals surface area contributed by atoms with Gasteiger partial charge in [0.25, 0.3) is 31.5 Å². The molecule has 3 amide bonds. The molecule has 25 heteroatoms. The molecule has 2 unspecified atom stereocenters. The molecule has 6 heterocycles. The highest BCUT2D eigenvalue weighted by Crippen LogP contribution is 2.42. The summed E-state index contributed by atoms with van der Waals surface area (Å²) in [5, 5.41) is 8.05. The van der Waals surface area contributed by atoms with Crippen molar-refractivity contribution < 1.29 is 54.5 Å². The first kappa shape index (κ1) is 70.9. The summed E-state index contributed by atoms with van der Waals surface area (Å²) in [7, 11) is -8.72. The van der Waals surface area contributed by atoms with Gasteiger partial charge in [0.2, 0.25) is 11.8 Å². The van der Waals surface area contributed by atoms with E-state index in [0.29, 0.717) is 150 Å². The molecule has 23 nitrogen and oxygen atoms in total. The quantitative estimate of drug-likeness (QED) is 0.0484. The van der Waals surface area contributed by atoms with E-state index in [2.05, 4.69) is 26.7 Å². The smallest absolute Gasteiger partial charge is 0.264 e. The second-order valence-corrected chi connectivity index (χ2v) is 29.5. The van der Waals surface area contributed by atoms with Crippen LogP contribution in [0.1, 0.15) is 159 Å². The average molecular weight is 1380 g/mol. The van der Waals surface area contributed by atoms with Crippen LogP contribution in [-0.2, 0) is 87.8 Å². The fourth-order valence-corrected chi connectivity index (χ4v) is 16.8. The minimum Gasteiger partial charge on any atom is -0.378 e. The van der Waals surface area contributed by atoms with Gasteiger partial charge in [0.1, 0.15) is 23.2 Å². The van der Waals surface area contributed by atoms with E-state index in [9.17, 15) is 22.8 Å². The summed E-state index contributed by atoms with van der Waals surface area (Å²) in [6.07, 6.45) is 6.68. The van der Waals surface area contributed by atoms with Crippen molar-refractivity contribution >= 4 is 55.2 Å². The van der Waals surface area contributed by atoms with E-state index in [1.54, 1.807) is 79.3 Å². The molecule has 2 atom stereocenters. The summed E-state index contributed by atoms with van der Waals surface area (Å²) in [6, 6.07) is 23.3. The van der Waals surface area contributed by atoms with E-state index in [1.165, 1.54) is 6.07 Å². The number of nitrogens with zero attached hydrogens (tertiary/aromatic N) is 8. The van der Waals surface area contributed by atoms with Crippen molar-refractivity contribution in [2.45, 2.75) is 180 Å². The number of carbonyl (C=O) groups is 3. The van der Waals surface area contributed by atoms with Gasteiger partial charge in [0.05, 0.1) is 62.3 Å². The van der Waals surface area contributed by atoms with E-state index in [0.717, 1.165) is 37.7 Å². The first-order valence-electron chi connectivity index (χ1n) is 34.2. The van der Waals surface area contributed by atoms with Crippen LogP contribution in [0.4, 0.5) is 11.6 Å². The standard InChI is InChI=1S/C73H90N10O13S2/c1-10-19-65-75-73(32-18-33-81(45-73)70(85)54-20-13-14-21-54)72(87)83(65)42-53-28-30-59(56(39-53)44-93-12-3)61-24-17-23-57(67(61)98(90,91)79-69-48(6)51(9)96-77-69)46(4)26-31-64-74-49(7)62(40-66(84)80-34-36-94-37-35-80)71(86)82(64)41-52-27-29-58(55(38-52)43-92-11-2)60-22-15-16-25-63(60)97(88,89)78-68-47(5)50(8)95-76-68/h15-17,22-25,27-30,38-39,46,54H,10-14,18-21,26,31-37,40-45H2,1-9H3,(H,76,78)(H,77,79). The Balaban J connectivity index is 0.946. The fraction of sp³-hybridized carbons (Fsp3) is 0.479. The Morgan fingerprint density at radius 3 is 1.94 bits per heavy atom. The fourth-order valence-electron chi connectivity index (χ4n) is 13.9. The zero-order chi connectivity index (χ0) is 69.6. The number of rotatable bonds is 27. The summed E-state index contributed by atoms with van der Waals surface area (Å²) >= 11 is 0. The highest BCUT2D eigenvalue weighted by molar-refractivity contribution is 7.93. The molecule has 11 rings (SSSR count). The molecular formula is C73H90N10O13S2. The monoisotopic (exact) mass is 1380 g/mol. The number of hydrogen-bond donors (Lipinski definition) is 2. The van der Waals surface area contributed by atoms with E-state index >= 15 is 13.2 Å². The summed E-state index contributed by atoms with van der Waals surface area (Å²) in [4.78, 5) is 73.6. The number of amidine groups is 1. The molecule has 3 aromatic heterocycles. The Morgan fingerprint density at radius 2 is 1.32 bits per heavy atom. The predicted molar refractivity (Wildman–Crippen MR) is 372 cm³/mol. The Morgan fingerprint density at radius 1 is 0.704 bits per heavy atom. The maximum Gasteiger partial charge on any atom is 0.264 e. The van der Waals surface area contributed by atoms with Crippen molar-refractivity contribution in [1.29, 1.82) is 0 Å². The number of anilines is 2. The lowest BCUT2D eigenvalue weighted by Gasteiger charge is -2.38. The number of aryl methyl sites for hydroxylation is 4. The number of aliphatic imine (C=N–C) groups is 1. The van der Waals surface area contributed by atoms with Gasteiger partial charge in [-0.15, -0.1) is 0 Å². The molecule has 1 saturated carbocycles. The number of carbonyl (C=O) groups excluding carboxylic acids is 3. The topological polar surface area (TPSA) is 280 Å². The van der Waals surface area contributed by atoms with Crippen LogP contribution in [0.2, 0.25) is 0 Å². The van der Waals surface area contributed by atoms with Crippen molar-refractivity contribution in [2.75, 3.05) is 62.1 Å². The van der Waals surface area contributed by atoms with Gasteiger partial charge in [-0.25, -0.2) is 21.8 Å². The highest BCUT2D eigenvalue weighted by Gasteiger charge is 2.51. The molecule has 98 heavy (non-hydrogen) atoms. The third kappa shape index (κ3) is 15.1. The van der Waals surface area contributed by atoms with Crippen molar-refractivity contribution in [3.8, 4) is 22.3 Å². The normalized spacial score (nSPS) is 17.3. The first-order chi connectivity index (χ1) is 47.0. The van der Waals surface area contributed by atoms with E-state index in [-0.39, 0.29) is 103 Å². The van der Waals surface area contributed by atoms with Crippen molar-refractivity contribution in [3.05, 3.63) is 157 Å². The number of benzene rings is 4. The molecule has 7 aromatic rings. The first-order valence-corrected chi connectivity index (χ1v) is 37.2. The van der Waals surface area contributed by atoms with Crippen molar-refractivity contribution in [2.24, 2.45) is 10.9 Å². The highest BCUT2D eigenvalue weighted by atomic mass is 32.2. The van der Waals surface area contributed by atoms with Gasteiger partial charge < -0.3 is 33.1 Å². The Labute approximate surface area is 573 Å². The summed E-state index contributed by atoms with van der Waals surface area (Å²) in [6.45, 7) is 19.8. The Kier molecular flexibility index (Phi) is 22.0. The molecule has 3 aliphatic heterocycles. The molecule has 1 aliphatic carbocycles. The van der Waals surface area contributed by atoms with Crippen LogP contribution in [0.3, 0.4) is 0 Å². The zero-order valence-electron chi connectivity index (χ0n) is 57.6. The van der Waals surface area contributed by atoms with Crippen molar-refractivity contribution in [3.63, 3.8) is 0 Å². The molecule has 2 saturated heterocycles. The number of likely N-dealkylation sites (tertiary alicyclic amines) is 1. The summed E-state index contributed by atoms with van der Waals surface area (Å²) < 4.78 is 94.8. The molecule has 1 spiro atoms. The lowest BCUT2D eigenvalue weighted by Crippen LogP contribution is -2.55. The number of ether oxygens (including phenoxy) is 3. The minimum absolute atomic E-state index is 0.00197. The van der Waals surface area contributed by atoms with E-state index < -0.39 is 37.1 Å². The molecule has 4 aliphatic rings. The van der Waals surface area contributed by atoms with Gasteiger partial charge in [-0.3, -0.25) is 43.1 Å². The van der Waals surface area contributed by atoms with Crippen LogP contribution < -0.4 is 15.0 Å². The number of sulfonamides is 2.